The second-order valence-electron chi connectivity index (χ2n) is 20.8. The summed E-state index contributed by atoms with van der Waals surface area (Å²) in [5.74, 6) is 0.717. The normalized spacial score (nSPS) is 11.9. The fourth-order valence-corrected chi connectivity index (χ4v) is 9.41. The van der Waals surface area contributed by atoms with E-state index in [0.717, 1.165) is 109 Å². The number of aliphatic hydroxyl groups is 2. The van der Waals surface area contributed by atoms with Gasteiger partial charge in [-0.3, -0.25) is 4.98 Å². The third kappa shape index (κ3) is 19.7. The van der Waals surface area contributed by atoms with E-state index < -0.39 is 29.3 Å². The summed E-state index contributed by atoms with van der Waals surface area (Å²) in [6, 6.07) is 81.5. The first-order chi connectivity index (χ1) is 47.8. The minimum absolute atomic E-state index is 0. The molecular formula is C77H67F3Ir2N6O7S-4. The molecule has 0 spiro atoms. The fraction of sp³-hybridized carbons (Fsp3) is 0.143. The molecule has 8 aromatic heterocycles. The number of aliphatic hydroxyl groups excluding tert-OH is 2. The number of aryl methyl sites for hydroxylation is 2. The van der Waals surface area contributed by atoms with Gasteiger partial charge in [0.2, 0.25) is 11.4 Å². The molecule has 6 aromatic carbocycles. The van der Waals surface area contributed by atoms with E-state index in [9.17, 15) is 13.2 Å². The van der Waals surface area contributed by atoms with Gasteiger partial charge in [-0.05, 0) is 126 Å². The van der Waals surface area contributed by atoms with Gasteiger partial charge in [0.1, 0.15) is 5.58 Å². The predicted octanol–water partition coefficient (Wildman–Crippen LogP) is 18.4. The molecule has 0 atom stereocenters. The van der Waals surface area contributed by atoms with E-state index in [2.05, 4.69) is 145 Å². The van der Waals surface area contributed by atoms with E-state index in [-0.39, 0.29) is 51.6 Å². The average molecular weight is 1670 g/mol. The van der Waals surface area contributed by atoms with E-state index in [4.69, 9.17) is 50.2 Å². The van der Waals surface area contributed by atoms with Crippen LogP contribution in [-0.4, -0.2) is 72.8 Å². The third-order valence-corrected chi connectivity index (χ3v) is 14.5. The monoisotopic (exact) mass is 1670 g/mol. The number of furan rings is 2. The molecule has 0 aliphatic carbocycles. The summed E-state index contributed by atoms with van der Waals surface area (Å²) >= 11 is 0. The Bertz CT molecular complexity index is 4810. The molecule has 14 aromatic rings. The van der Waals surface area contributed by atoms with Crippen LogP contribution >= 0.6 is 0 Å². The van der Waals surface area contributed by atoms with Crippen molar-refractivity contribution in [2.24, 2.45) is 0 Å². The fourth-order valence-electron chi connectivity index (χ4n) is 9.41. The minimum atomic E-state index is -6.09. The van der Waals surface area contributed by atoms with Gasteiger partial charge in [0.05, 0.1) is 11.3 Å². The van der Waals surface area contributed by atoms with Gasteiger partial charge in [0, 0.05) is 120 Å². The maximum absolute atomic E-state index is 10.7. The molecule has 496 valence electrons. The number of nitrogens with zero attached hydrogens (tertiary/aromatic N) is 6. The average Bonchev–Trinajstić information content (AvgIpc) is 1.61. The Hall–Kier alpha value is -9.26. The number of pyridine rings is 6. The van der Waals surface area contributed by atoms with Crippen LogP contribution in [0.15, 0.2) is 246 Å². The van der Waals surface area contributed by atoms with E-state index in [1.165, 1.54) is 17.7 Å². The number of fused-ring (bicyclic) bond motifs is 6. The molecule has 0 fully saturated rings. The van der Waals surface area contributed by atoms with Crippen LogP contribution in [0.25, 0.3) is 111 Å². The van der Waals surface area contributed by atoms with Crippen molar-refractivity contribution in [1.29, 1.82) is 0 Å². The summed E-state index contributed by atoms with van der Waals surface area (Å²) in [5, 5.41) is 18.2. The van der Waals surface area contributed by atoms with Crippen LogP contribution in [0.3, 0.4) is 0 Å². The van der Waals surface area contributed by atoms with Gasteiger partial charge < -0.3 is 38.6 Å². The van der Waals surface area contributed by atoms with Crippen LogP contribution in [-0.2, 0) is 50.3 Å². The molecule has 0 bridgehead atoms. The Balaban J connectivity index is 0.000000207. The number of aromatic nitrogens is 6. The first-order valence-electron chi connectivity index (χ1n) is 32.2. The van der Waals surface area contributed by atoms with Gasteiger partial charge in [-0.2, -0.15) is 13.2 Å². The van der Waals surface area contributed by atoms with Gasteiger partial charge in [-0.1, -0.05) is 142 Å². The van der Waals surface area contributed by atoms with Crippen molar-refractivity contribution in [3.8, 4) is 67.3 Å². The van der Waals surface area contributed by atoms with Crippen LogP contribution < -0.4 is 0 Å². The SMILES string of the molecule is CC(C)c1ccc2c(n1)oc1c(-c3cc(-c4ccccc4)ccn3)[c-]ccc12.CC(C)c1ccc2c(n1)oc1c(-c3cc(-c4ccccc4)ccn3)cccc12.CO.CO.O=S(=O)([O-])C(F)(F)F.[2H]C([2H])([2H])c1cccc(-c2[c-]cccc2)n1.[2H]C([2H])([2H])c1cccc(-c2[c-]cccc2)n1.[Ir].[Ir]. The Morgan fingerprint density at radius 2 is 0.896 bits per heavy atom. The van der Waals surface area contributed by atoms with Crippen LogP contribution in [0, 0.1) is 31.9 Å². The Morgan fingerprint density at radius 1 is 0.458 bits per heavy atom. The number of hydrogen-bond acceptors (Lipinski definition) is 13. The van der Waals surface area contributed by atoms with Gasteiger partial charge in [0.25, 0.3) is 0 Å². The standard InChI is InChI=1S/C25H20N2O.C25H19N2O.2C12H10N.CHF3O3S.2CH4O.2Ir/c2*1-16(2)22-12-11-20-19-9-6-10-21(24(19)28-25(20)27-22)23-15-18(13-14-26-23)17-7-4-3-5-8-17;2*1-10-6-5-9-12(13-10)11-7-3-2-4-8-11;2-1(3,4)8(5,6)7;2*1-2;;/h3-16H,1-2H3;3-9,11-16H,1-2H3;2*2-7,9H,1H3;(H,5,6,7);2*2H,1H3;;/q;3*-1;;;;;/p-1/i;;2*1D3;;;;;. The third-order valence-electron chi connectivity index (χ3n) is 13.9. The van der Waals surface area contributed by atoms with Gasteiger partial charge in [-0.15, -0.1) is 90.0 Å². The molecular weight excluding hydrogens is 1590 g/mol. The number of alkyl halides is 3. The topological polar surface area (TPSA) is 201 Å². The number of para-hydroxylation sites is 1. The molecule has 13 nitrogen and oxygen atoms in total. The summed E-state index contributed by atoms with van der Waals surface area (Å²) in [6.45, 7) is 4.22. The van der Waals surface area contributed by atoms with Gasteiger partial charge in [-0.25, -0.2) is 18.4 Å². The molecule has 0 aliphatic heterocycles. The van der Waals surface area contributed by atoms with E-state index in [0.29, 0.717) is 34.7 Å². The Kier molecular flexibility index (Phi) is 25.0. The van der Waals surface area contributed by atoms with Crippen LogP contribution in [0.2, 0.25) is 0 Å². The maximum atomic E-state index is 10.7. The van der Waals surface area contributed by atoms with Crippen LogP contribution in [0.5, 0.6) is 0 Å². The Labute approximate surface area is 592 Å². The predicted molar refractivity (Wildman–Crippen MR) is 366 cm³/mol. The maximum Gasteiger partial charge on any atom is 0.485 e. The summed E-state index contributed by atoms with van der Waals surface area (Å²) in [4.78, 5) is 26.9. The van der Waals surface area contributed by atoms with E-state index in [1.54, 1.807) is 36.4 Å². The van der Waals surface area contributed by atoms with Gasteiger partial charge in [0.15, 0.2) is 10.1 Å². The smallest absolute Gasteiger partial charge is 0.485 e. The molecule has 2 N–H and O–H groups in total. The van der Waals surface area contributed by atoms with E-state index in [1.807, 2.05) is 109 Å². The van der Waals surface area contributed by atoms with Crippen molar-refractivity contribution in [2.45, 2.75) is 58.7 Å². The van der Waals surface area contributed by atoms with Crippen molar-refractivity contribution in [2.75, 3.05) is 14.2 Å². The van der Waals surface area contributed by atoms with Crippen molar-refractivity contribution < 1.29 is 93.6 Å². The number of rotatable bonds is 8. The van der Waals surface area contributed by atoms with Crippen molar-refractivity contribution in [3.05, 3.63) is 278 Å². The summed E-state index contributed by atoms with van der Waals surface area (Å²) in [7, 11) is -4.09. The Morgan fingerprint density at radius 3 is 1.34 bits per heavy atom. The van der Waals surface area contributed by atoms with Crippen molar-refractivity contribution in [3.63, 3.8) is 0 Å². The van der Waals surface area contributed by atoms with Crippen molar-refractivity contribution in [1.82, 2.24) is 29.9 Å². The summed E-state index contributed by atoms with van der Waals surface area (Å²) < 4.78 is 115. The molecule has 0 amide bonds. The zero-order valence-corrected chi connectivity index (χ0v) is 58.1. The molecule has 19 heteroatoms. The van der Waals surface area contributed by atoms with E-state index >= 15 is 0 Å². The number of benzene rings is 6. The van der Waals surface area contributed by atoms with Crippen molar-refractivity contribution >= 4 is 54.3 Å². The summed E-state index contributed by atoms with van der Waals surface area (Å²) in [5.41, 5.74) is 10.7. The summed E-state index contributed by atoms with van der Waals surface area (Å²) in [6.07, 6.45) is 3.69. The van der Waals surface area contributed by atoms with Crippen LogP contribution in [0.1, 0.15) is 70.5 Å². The molecule has 0 saturated heterocycles. The van der Waals surface area contributed by atoms with Gasteiger partial charge >= 0.3 is 5.51 Å². The molecule has 8 heterocycles. The second-order valence-corrected chi connectivity index (χ2v) is 22.2. The largest absolute Gasteiger partial charge is 0.741 e. The zero-order valence-electron chi connectivity index (χ0n) is 58.5. The quantitative estimate of drug-likeness (QED) is 0.0827. The second kappa shape index (κ2) is 36.0. The molecule has 14 rings (SSSR count). The zero-order chi connectivity index (χ0) is 72.4. The molecule has 96 heavy (non-hydrogen) atoms. The molecule has 2 radical (unpaired) electrons. The number of halogens is 3. The minimum Gasteiger partial charge on any atom is -0.741 e. The molecule has 0 aliphatic rings. The first-order valence-corrected chi connectivity index (χ1v) is 30.6. The molecule has 0 unspecified atom stereocenters. The number of hydrogen-bond donors (Lipinski definition) is 2. The molecule has 0 saturated carbocycles. The first kappa shape index (κ1) is 66.7. The van der Waals surface area contributed by atoms with Crippen LogP contribution in [0.4, 0.5) is 13.2 Å².